The molecule has 0 radical (unpaired) electrons. The van der Waals surface area contributed by atoms with Crippen LogP contribution in [0.25, 0.3) is 0 Å². The number of hydrogen-bond acceptors (Lipinski definition) is 2. The number of amides is 1. The Morgan fingerprint density at radius 3 is 2.15 bits per heavy atom. The van der Waals surface area contributed by atoms with E-state index in [1.54, 1.807) is 0 Å². The molecule has 4 aliphatic carbocycles. The highest BCUT2D eigenvalue weighted by molar-refractivity contribution is 5.94. The van der Waals surface area contributed by atoms with E-state index in [-0.39, 0.29) is 11.4 Å². The molecule has 1 amide bonds. The van der Waals surface area contributed by atoms with Gasteiger partial charge in [0, 0.05) is 17.7 Å². The Kier molecular flexibility index (Phi) is 2.79. The van der Waals surface area contributed by atoms with Gasteiger partial charge in [0.1, 0.15) is 0 Å². The normalized spacial score (nSPS) is 45.8. The molecule has 110 valence electrons. The van der Waals surface area contributed by atoms with Gasteiger partial charge in [-0.3, -0.25) is 4.79 Å². The molecule has 4 nitrogen and oxygen atoms in total. The summed E-state index contributed by atoms with van der Waals surface area (Å²) < 4.78 is 0. The van der Waals surface area contributed by atoms with Gasteiger partial charge in [-0.15, -0.1) is 0 Å². The number of aliphatic carboxylic acids is 1. The zero-order valence-corrected chi connectivity index (χ0v) is 12.2. The first-order chi connectivity index (χ1) is 9.22. The number of rotatable bonds is 3. The van der Waals surface area contributed by atoms with Gasteiger partial charge in [-0.1, -0.05) is 13.8 Å². The van der Waals surface area contributed by atoms with Gasteiger partial charge in [0.2, 0.25) is 5.91 Å². The highest BCUT2D eigenvalue weighted by atomic mass is 16.4. The van der Waals surface area contributed by atoms with Crippen LogP contribution in [-0.2, 0) is 9.59 Å². The molecule has 0 aliphatic heterocycles. The van der Waals surface area contributed by atoms with Crippen molar-refractivity contribution in [2.75, 3.05) is 0 Å². The maximum atomic E-state index is 12.0. The predicted molar refractivity (Wildman–Crippen MR) is 75.1 cm³/mol. The monoisotopic (exact) mass is 277 g/mol. The molecule has 2 N–H and O–H groups in total. The third-order valence-electron chi connectivity index (χ3n) is 5.39. The van der Waals surface area contributed by atoms with E-state index in [9.17, 15) is 9.59 Å². The third kappa shape index (κ3) is 2.36. The second-order valence-corrected chi connectivity index (χ2v) is 8.07. The number of carboxylic acids is 1. The second-order valence-electron chi connectivity index (χ2n) is 8.07. The summed E-state index contributed by atoms with van der Waals surface area (Å²) in [5.41, 5.74) is 0.582. The van der Waals surface area contributed by atoms with Crippen LogP contribution >= 0.6 is 0 Å². The van der Waals surface area contributed by atoms with E-state index in [2.05, 4.69) is 19.2 Å². The molecule has 4 aliphatic rings. The molecule has 4 saturated carbocycles. The first-order valence-corrected chi connectivity index (χ1v) is 7.45. The smallest absolute Gasteiger partial charge is 0.328 e. The fourth-order valence-electron chi connectivity index (χ4n) is 6.04. The van der Waals surface area contributed by atoms with Crippen molar-refractivity contribution in [3.8, 4) is 0 Å². The van der Waals surface area contributed by atoms with Gasteiger partial charge in [-0.2, -0.15) is 0 Å². The van der Waals surface area contributed by atoms with E-state index in [1.165, 1.54) is 19.3 Å². The van der Waals surface area contributed by atoms with Crippen molar-refractivity contribution in [3.63, 3.8) is 0 Å². The number of carbonyl (C=O) groups is 2. The number of nitrogens with one attached hydrogen (secondary N) is 1. The molecule has 20 heavy (non-hydrogen) atoms. The lowest BCUT2D eigenvalue weighted by molar-refractivity contribution is -0.137. The van der Waals surface area contributed by atoms with Gasteiger partial charge in [-0.25, -0.2) is 4.79 Å². The summed E-state index contributed by atoms with van der Waals surface area (Å²) in [4.78, 5) is 22.5. The van der Waals surface area contributed by atoms with Gasteiger partial charge in [0.15, 0.2) is 0 Å². The molecule has 0 aromatic heterocycles. The molecule has 4 rings (SSSR count). The lowest BCUT2D eigenvalue weighted by Gasteiger charge is -2.65. The lowest BCUT2D eigenvalue weighted by Crippen LogP contribution is -2.65. The molecule has 0 saturated heterocycles. The largest absolute Gasteiger partial charge is 0.478 e. The molecular weight excluding hydrogens is 254 g/mol. The summed E-state index contributed by atoms with van der Waals surface area (Å²) in [6.07, 6.45) is 9.03. The predicted octanol–water partition coefficient (Wildman–Crippen LogP) is 2.49. The topological polar surface area (TPSA) is 66.4 Å². The average Bonchev–Trinajstić information content (AvgIpc) is 2.20. The zero-order chi connectivity index (χ0) is 14.6. The van der Waals surface area contributed by atoms with Crippen molar-refractivity contribution in [3.05, 3.63) is 12.2 Å². The highest BCUT2D eigenvalue weighted by Gasteiger charge is 2.60. The summed E-state index contributed by atoms with van der Waals surface area (Å²) in [6.45, 7) is 4.70. The van der Waals surface area contributed by atoms with Crippen molar-refractivity contribution < 1.29 is 14.7 Å². The molecule has 4 heteroatoms. The molecule has 0 heterocycles. The van der Waals surface area contributed by atoms with Crippen LogP contribution in [0.1, 0.15) is 52.4 Å². The Morgan fingerprint density at radius 2 is 1.65 bits per heavy atom. The molecule has 4 bridgehead atoms. The quantitative estimate of drug-likeness (QED) is 0.779. The van der Waals surface area contributed by atoms with Gasteiger partial charge >= 0.3 is 5.97 Å². The number of carbonyl (C=O) groups excluding carboxylic acids is 1. The van der Waals surface area contributed by atoms with Crippen LogP contribution in [0, 0.1) is 16.7 Å². The lowest BCUT2D eigenvalue weighted by atomic mass is 9.43. The van der Waals surface area contributed by atoms with Crippen molar-refractivity contribution in [2.24, 2.45) is 16.7 Å². The fourth-order valence-corrected chi connectivity index (χ4v) is 6.04. The van der Waals surface area contributed by atoms with E-state index in [1.807, 2.05) is 0 Å². The van der Waals surface area contributed by atoms with Crippen LogP contribution in [0.5, 0.6) is 0 Å². The van der Waals surface area contributed by atoms with Crippen LogP contribution in [0.4, 0.5) is 0 Å². The van der Waals surface area contributed by atoms with Crippen LogP contribution in [-0.4, -0.2) is 22.5 Å². The Balaban J connectivity index is 1.79. The molecule has 0 aromatic rings. The first-order valence-electron chi connectivity index (χ1n) is 7.45. The van der Waals surface area contributed by atoms with Gasteiger partial charge < -0.3 is 10.4 Å². The number of carboxylic acid groups (broad SMARTS) is 1. The van der Waals surface area contributed by atoms with Gasteiger partial charge in [0.05, 0.1) is 0 Å². The van der Waals surface area contributed by atoms with Crippen LogP contribution in [0.3, 0.4) is 0 Å². The number of hydrogen-bond donors (Lipinski definition) is 2. The minimum atomic E-state index is -1.08. The molecule has 2 atom stereocenters. The van der Waals surface area contributed by atoms with E-state index in [0.29, 0.717) is 16.7 Å². The molecular formula is C16H23NO3. The molecule has 0 spiro atoms. The van der Waals surface area contributed by atoms with E-state index < -0.39 is 5.97 Å². The summed E-state index contributed by atoms with van der Waals surface area (Å²) >= 11 is 0. The Bertz CT molecular complexity index is 478. The average molecular weight is 277 g/mol. The highest BCUT2D eigenvalue weighted by Crippen LogP contribution is 2.66. The Morgan fingerprint density at radius 1 is 1.05 bits per heavy atom. The minimum Gasteiger partial charge on any atom is -0.478 e. The van der Waals surface area contributed by atoms with Crippen molar-refractivity contribution in [2.45, 2.75) is 57.9 Å². The maximum absolute atomic E-state index is 12.0. The SMILES string of the molecule is CC12CC3CC(C)(C1)CC(NC(=O)/C=C\C(=O)O)(C3)C2. The van der Waals surface area contributed by atoms with Crippen molar-refractivity contribution >= 4 is 11.9 Å². The fraction of sp³-hybridized carbons (Fsp3) is 0.750. The summed E-state index contributed by atoms with van der Waals surface area (Å²) in [5, 5.41) is 11.7. The maximum Gasteiger partial charge on any atom is 0.328 e. The second kappa shape index (κ2) is 4.09. The van der Waals surface area contributed by atoms with Gasteiger partial charge in [0.25, 0.3) is 0 Å². The first kappa shape index (κ1) is 13.7. The summed E-state index contributed by atoms with van der Waals surface area (Å²) in [5.74, 6) is -0.629. The Labute approximate surface area is 119 Å². The van der Waals surface area contributed by atoms with E-state index >= 15 is 0 Å². The minimum absolute atomic E-state index is 0.108. The van der Waals surface area contributed by atoms with E-state index in [4.69, 9.17) is 5.11 Å². The van der Waals surface area contributed by atoms with Gasteiger partial charge in [-0.05, 0) is 55.3 Å². The van der Waals surface area contributed by atoms with Crippen LogP contribution in [0.15, 0.2) is 12.2 Å². The van der Waals surface area contributed by atoms with Crippen LogP contribution in [0.2, 0.25) is 0 Å². The zero-order valence-electron chi connectivity index (χ0n) is 12.2. The Hall–Kier alpha value is -1.32. The molecule has 0 aromatic carbocycles. The summed E-state index contributed by atoms with van der Waals surface area (Å²) in [6, 6.07) is 0. The molecule has 2 unspecified atom stereocenters. The summed E-state index contributed by atoms with van der Waals surface area (Å²) in [7, 11) is 0. The molecule has 4 fully saturated rings. The van der Waals surface area contributed by atoms with Crippen LogP contribution < -0.4 is 5.32 Å². The third-order valence-corrected chi connectivity index (χ3v) is 5.39. The standard InChI is InChI=1S/C16H23NO3/c1-14-5-11-6-15(2,8-14)10-16(7-11,9-14)17-12(18)3-4-13(19)20/h3-4,11H,5-10H2,1-2H3,(H,17,18)(H,19,20)/b4-3-. The van der Waals surface area contributed by atoms with Crippen molar-refractivity contribution in [1.82, 2.24) is 5.32 Å². The van der Waals surface area contributed by atoms with E-state index in [0.717, 1.165) is 31.4 Å². The van der Waals surface area contributed by atoms with Crippen molar-refractivity contribution in [1.29, 1.82) is 0 Å².